The molecule has 0 saturated heterocycles. The standard InChI is InChI=1S/C54H59N3O4S2/c1-5-9-15-34(7-3)32-55-50(46-29-27-44(62-46)36-21-23-37(24-22-36)54(60)61)48-49(53(55)59)51(56(52(48)58)33-35(8-4)16-10-6-2)47-30-28-45(63-47)38-25-26-43-41(31-38)40-19-14-20-42(40)57(43)39-17-12-11-13-18-39/h11-13,17-18,21-31,34-35,40,42H,5-10,14-16,19-20,32-33H2,1-4H3,(H,60,61). The normalized spacial score (nSPS) is 19.1. The highest BCUT2D eigenvalue weighted by Crippen LogP contribution is 2.54. The van der Waals surface area contributed by atoms with Crippen molar-refractivity contribution in [2.75, 3.05) is 18.0 Å². The number of hydrogen-bond donors (Lipinski definition) is 1. The predicted molar refractivity (Wildman–Crippen MR) is 259 cm³/mol. The second-order valence-corrected chi connectivity index (χ2v) is 20.1. The Labute approximate surface area is 380 Å². The van der Waals surface area contributed by atoms with Crippen LogP contribution in [0.5, 0.6) is 0 Å². The Morgan fingerprint density at radius 1 is 0.667 bits per heavy atom. The smallest absolute Gasteiger partial charge is 0.335 e. The number of carboxylic acid groups (broad SMARTS) is 1. The van der Waals surface area contributed by atoms with Crippen LogP contribution in [0.1, 0.15) is 130 Å². The van der Waals surface area contributed by atoms with Crippen molar-refractivity contribution >= 4 is 63.2 Å². The number of unbranched alkanes of at least 4 members (excludes halogenated alkanes) is 2. The van der Waals surface area contributed by atoms with E-state index in [1.165, 1.54) is 41.8 Å². The van der Waals surface area contributed by atoms with E-state index in [-0.39, 0.29) is 17.4 Å². The van der Waals surface area contributed by atoms with Gasteiger partial charge in [-0.2, -0.15) is 0 Å². The van der Waals surface area contributed by atoms with Crippen molar-refractivity contribution in [1.82, 2.24) is 9.80 Å². The van der Waals surface area contributed by atoms with E-state index in [2.05, 4.69) is 93.3 Å². The highest BCUT2D eigenvalue weighted by Gasteiger charge is 2.50. The number of hydrogen-bond acceptors (Lipinski definition) is 6. The molecular weight excluding hydrogens is 819 g/mol. The monoisotopic (exact) mass is 877 g/mol. The van der Waals surface area contributed by atoms with E-state index in [1.54, 1.807) is 34.8 Å². The van der Waals surface area contributed by atoms with Gasteiger partial charge in [-0.25, -0.2) is 4.79 Å². The molecule has 1 saturated carbocycles. The molecule has 1 N–H and O–H groups in total. The summed E-state index contributed by atoms with van der Waals surface area (Å²) in [6.45, 7) is 9.97. The van der Waals surface area contributed by atoms with Gasteiger partial charge in [0.2, 0.25) is 0 Å². The van der Waals surface area contributed by atoms with Crippen LogP contribution in [0.2, 0.25) is 0 Å². The molecule has 9 rings (SSSR count). The molecule has 7 nitrogen and oxygen atoms in total. The lowest BCUT2D eigenvalue weighted by Crippen LogP contribution is -2.34. The SMILES string of the molecule is CCCCC(CC)CN1C(=O)C2=C(c3ccc(-c4ccc5c(c4)C4CCCC4N5c4ccccc4)s3)N(CC(CC)CCCC)C(=O)C2=C1c1ccc(-c2ccc(C(=O)O)cc2)s1. The molecule has 0 bridgehead atoms. The largest absolute Gasteiger partial charge is 0.478 e. The van der Waals surface area contributed by atoms with Gasteiger partial charge in [-0.05, 0) is 115 Å². The summed E-state index contributed by atoms with van der Waals surface area (Å²) in [5, 5.41) is 9.53. The van der Waals surface area contributed by atoms with Crippen molar-refractivity contribution in [1.29, 1.82) is 0 Å². The molecule has 3 aliphatic heterocycles. The lowest BCUT2D eigenvalue weighted by Gasteiger charge is -2.29. The Kier molecular flexibility index (Phi) is 12.6. The van der Waals surface area contributed by atoms with E-state index in [4.69, 9.17) is 0 Å². The number of anilines is 2. The first-order valence-electron chi connectivity index (χ1n) is 23.4. The highest BCUT2D eigenvalue weighted by atomic mass is 32.1. The summed E-state index contributed by atoms with van der Waals surface area (Å²) in [6, 6.07) is 33.6. The summed E-state index contributed by atoms with van der Waals surface area (Å²) in [4.78, 5) is 52.7. The Balaban J connectivity index is 1.15. The molecule has 0 spiro atoms. The second kappa shape index (κ2) is 18.5. The fourth-order valence-corrected chi connectivity index (χ4v) is 12.7. The van der Waals surface area contributed by atoms with E-state index in [0.29, 0.717) is 48.0 Å². The van der Waals surface area contributed by atoms with Crippen molar-refractivity contribution in [3.63, 3.8) is 0 Å². The van der Waals surface area contributed by atoms with Crippen LogP contribution < -0.4 is 4.90 Å². The van der Waals surface area contributed by atoms with E-state index in [1.807, 2.05) is 34.1 Å². The van der Waals surface area contributed by atoms with Crippen LogP contribution in [-0.4, -0.2) is 51.8 Å². The van der Waals surface area contributed by atoms with Gasteiger partial charge in [0, 0.05) is 46.2 Å². The summed E-state index contributed by atoms with van der Waals surface area (Å²) in [6.07, 6.45) is 11.9. The fraction of sp³-hybridized carbons (Fsp3) is 0.389. The minimum atomic E-state index is -0.962. The Morgan fingerprint density at radius 2 is 1.21 bits per heavy atom. The predicted octanol–water partition coefficient (Wildman–Crippen LogP) is 13.9. The Morgan fingerprint density at radius 3 is 1.75 bits per heavy atom. The second-order valence-electron chi connectivity index (χ2n) is 17.9. The Bertz CT molecular complexity index is 2570. The summed E-state index contributed by atoms with van der Waals surface area (Å²) in [5.74, 6) is -0.0162. The topological polar surface area (TPSA) is 81.2 Å². The van der Waals surface area contributed by atoms with Gasteiger partial charge in [0.1, 0.15) is 0 Å². The lowest BCUT2D eigenvalue weighted by molar-refractivity contribution is -0.124. The quantitative estimate of drug-likeness (QED) is 0.0948. The number of para-hydroxylation sites is 1. The molecule has 5 aromatic rings. The molecule has 326 valence electrons. The molecule has 5 heterocycles. The number of benzene rings is 3. The third-order valence-corrected chi connectivity index (χ3v) is 16.3. The fourth-order valence-electron chi connectivity index (χ4n) is 10.6. The van der Waals surface area contributed by atoms with Crippen LogP contribution in [0.4, 0.5) is 11.4 Å². The number of fused-ring (bicyclic) bond motifs is 4. The molecule has 4 unspecified atom stereocenters. The molecular formula is C54H59N3O4S2. The number of thiophene rings is 2. The molecule has 0 radical (unpaired) electrons. The maximum Gasteiger partial charge on any atom is 0.335 e. The minimum Gasteiger partial charge on any atom is -0.478 e. The van der Waals surface area contributed by atoms with Crippen molar-refractivity contribution in [2.45, 2.75) is 110 Å². The summed E-state index contributed by atoms with van der Waals surface area (Å²) in [5.41, 5.74) is 8.87. The molecule has 1 fully saturated rings. The molecule has 4 atom stereocenters. The van der Waals surface area contributed by atoms with Crippen molar-refractivity contribution in [3.8, 4) is 20.9 Å². The van der Waals surface area contributed by atoms with Gasteiger partial charge in [0.15, 0.2) is 0 Å². The first-order valence-corrected chi connectivity index (χ1v) is 25.0. The first-order chi connectivity index (χ1) is 30.7. The molecule has 63 heavy (non-hydrogen) atoms. The van der Waals surface area contributed by atoms with Crippen molar-refractivity contribution in [2.24, 2.45) is 11.8 Å². The summed E-state index contributed by atoms with van der Waals surface area (Å²) in [7, 11) is 0. The van der Waals surface area contributed by atoms with Crippen LogP contribution in [-0.2, 0) is 9.59 Å². The highest BCUT2D eigenvalue weighted by molar-refractivity contribution is 7.17. The molecule has 1 aliphatic carbocycles. The zero-order chi connectivity index (χ0) is 43.8. The average molecular weight is 878 g/mol. The van der Waals surface area contributed by atoms with Gasteiger partial charge >= 0.3 is 5.97 Å². The van der Waals surface area contributed by atoms with Gasteiger partial charge < -0.3 is 19.8 Å². The molecule has 2 amide bonds. The number of carboxylic acids is 1. The molecule has 4 aliphatic rings. The number of rotatable bonds is 18. The van der Waals surface area contributed by atoms with Gasteiger partial charge in [-0.1, -0.05) is 109 Å². The van der Waals surface area contributed by atoms with E-state index in [0.717, 1.165) is 87.8 Å². The lowest BCUT2D eigenvalue weighted by atomic mass is 9.95. The maximum atomic E-state index is 15.3. The van der Waals surface area contributed by atoms with Crippen LogP contribution in [0.3, 0.4) is 0 Å². The van der Waals surface area contributed by atoms with E-state index >= 15 is 9.59 Å². The third kappa shape index (κ3) is 8.01. The van der Waals surface area contributed by atoms with Crippen LogP contribution >= 0.6 is 22.7 Å². The number of nitrogens with zero attached hydrogens (tertiary/aromatic N) is 3. The van der Waals surface area contributed by atoms with Crippen LogP contribution in [0, 0.1) is 11.8 Å². The van der Waals surface area contributed by atoms with E-state index < -0.39 is 5.97 Å². The number of carbonyl (C=O) groups is 3. The molecule has 2 aromatic heterocycles. The summed E-state index contributed by atoms with van der Waals surface area (Å²) < 4.78 is 0. The average Bonchev–Trinajstić information content (AvgIpc) is 4.18. The zero-order valence-electron chi connectivity index (χ0n) is 37.1. The zero-order valence-corrected chi connectivity index (χ0v) is 38.7. The van der Waals surface area contributed by atoms with Gasteiger partial charge in [0.05, 0.1) is 37.9 Å². The molecule has 9 heteroatoms. The number of carbonyl (C=O) groups excluding carboxylic acids is 2. The summed E-state index contributed by atoms with van der Waals surface area (Å²) >= 11 is 3.25. The Hall–Kier alpha value is -5.25. The maximum absolute atomic E-state index is 15.3. The van der Waals surface area contributed by atoms with Crippen molar-refractivity contribution in [3.05, 3.63) is 129 Å². The third-order valence-electron chi connectivity index (χ3n) is 14.1. The van der Waals surface area contributed by atoms with Crippen molar-refractivity contribution < 1.29 is 19.5 Å². The van der Waals surface area contributed by atoms with Gasteiger partial charge in [-0.3, -0.25) is 9.59 Å². The van der Waals surface area contributed by atoms with Gasteiger partial charge in [-0.15, -0.1) is 22.7 Å². The first kappa shape index (κ1) is 43.0. The minimum absolute atomic E-state index is 0.0797. The molecule has 3 aromatic carbocycles. The number of amides is 2. The van der Waals surface area contributed by atoms with Gasteiger partial charge in [0.25, 0.3) is 11.8 Å². The number of aromatic carboxylic acids is 1. The van der Waals surface area contributed by atoms with Crippen LogP contribution in [0.15, 0.2) is 108 Å². The van der Waals surface area contributed by atoms with Crippen LogP contribution in [0.25, 0.3) is 32.3 Å². The van der Waals surface area contributed by atoms with E-state index in [9.17, 15) is 9.90 Å².